The molecule has 2 aromatic rings. The molecule has 112 valence electrons. The highest BCUT2D eigenvalue weighted by Gasteiger charge is 2.40. The number of nitrogen functional groups attached to an aromatic ring is 1. The second-order valence-corrected chi connectivity index (χ2v) is 6.51. The predicted molar refractivity (Wildman–Crippen MR) is 88.8 cm³/mol. The molecule has 4 nitrogen and oxygen atoms in total. The van der Waals surface area contributed by atoms with Gasteiger partial charge in [0.25, 0.3) is 0 Å². The number of nitrogens with two attached hydrogens (primary N) is 1. The summed E-state index contributed by atoms with van der Waals surface area (Å²) in [4.78, 5) is 27.1. The van der Waals surface area contributed by atoms with E-state index in [1.165, 1.54) is 16.7 Å². The number of imide groups is 1. The Morgan fingerprint density at radius 3 is 2.64 bits per heavy atom. The molecule has 3 rings (SSSR count). The van der Waals surface area contributed by atoms with E-state index in [1.54, 1.807) is 12.1 Å². The van der Waals surface area contributed by atoms with E-state index in [4.69, 9.17) is 5.73 Å². The number of hydrogen-bond donors (Lipinski definition) is 1. The van der Waals surface area contributed by atoms with Gasteiger partial charge < -0.3 is 5.73 Å². The first-order chi connectivity index (χ1) is 10.6. The maximum atomic E-state index is 12.6. The van der Waals surface area contributed by atoms with Crippen LogP contribution in [-0.2, 0) is 9.59 Å². The lowest BCUT2D eigenvalue weighted by Crippen LogP contribution is -2.31. The molecule has 1 aliphatic heterocycles. The van der Waals surface area contributed by atoms with Crippen LogP contribution >= 0.6 is 11.8 Å². The van der Waals surface area contributed by atoms with E-state index in [9.17, 15) is 9.59 Å². The van der Waals surface area contributed by atoms with Crippen LogP contribution < -0.4 is 10.6 Å². The van der Waals surface area contributed by atoms with Gasteiger partial charge in [0.05, 0.1) is 10.9 Å². The standard InChI is InChI=1S/C17H16N2O2S/c1-11-5-2-3-8-14(11)19-16(20)10-15(17(19)21)22-13-7-4-6-12(18)9-13/h2-9,15H,10,18H2,1H3. The van der Waals surface area contributed by atoms with Crippen LogP contribution in [0.4, 0.5) is 11.4 Å². The molecule has 2 N–H and O–H groups in total. The van der Waals surface area contributed by atoms with Gasteiger partial charge in [-0.2, -0.15) is 0 Å². The van der Waals surface area contributed by atoms with Crippen LogP contribution in [0.25, 0.3) is 0 Å². The van der Waals surface area contributed by atoms with Crippen LogP contribution in [0.15, 0.2) is 53.4 Å². The number of amides is 2. The third kappa shape index (κ3) is 2.72. The number of para-hydroxylation sites is 1. The quantitative estimate of drug-likeness (QED) is 0.699. The molecular formula is C17H16N2O2S. The van der Waals surface area contributed by atoms with Gasteiger partial charge in [-0.25, -0.2) is 4.90 Å². The smallest absolute Gasteiger partial charge is 0.247 e. The van der Waals surface area contributed by atoms with Crippen molar-refractivity contribution in [1.29, 1.82) is 0 Å². The number of nitrogens with zero attached hydrogens (tertiary/aromatic N) is 1. The van der Waals surface area contributed by atoms with Gasteiger partial charge in [0.1, 0.15) is 0 Å². The fourth-order valence-electron chi connectivity index (χ4n) is 2.52. The van der Waals surface area contributed by atoms with E-state index >= 15 is 0 Å². The van der Waals surface area contributed by atoms with Crippen molar-refractivity contribution in [2.24, 2.45) is 0 Å². The number of rotatable bonds is 3. The monoisotopic (exact) mass is 312 g/mol. The molecule has 0 radical (unpaired) electrons. The maximum Gasteiger partial charge on any atom is 0.247 e. The van der Waals surface area contributed by atoms with Crippen LogP contribution in [0.2, 0.25) is 0 Å². The first kappa shape index (κ1) is 14.7. The zero-order valence-electron chi connectivity index (χ0n) is 12.2. The molecule has 5 heteroatoms. The zero-order chi connectivity index (χ0) is 15.7. The minimum Gasteiger partial charge on any atom is -0.399 e. The first-order valence-electron chi connectivity index (χ1n) is 7.01. The molecule has 0 aromatic heterocycles. The van der Waals surface area contributed by atoms with Gasteiger partial charge in [0.15, 0.2) is 0 Å². The Bertz CT molecular complexity index is 745. The molecule has 1 fully saturated rings. The van der Waals surface area contributed by atoms with Crippen molar-refractivity contribution < 1.29 is 9.59 Å². The molecule has 0 aliphatic carbocycles. The summed E-state index contributed by atoms with van der Waals surface area (Å²) >= 11 is 1.39. The molecule has 2 amide bonds. The van der Waals surface area contributed by atoms with E-state index in [0.717, 1.165) is 10.5 Å². The highest BCUT2D eigenvalue weighted by Crippen LogP contribution is 2.35. The third-order valence-electron chi connectivity index (χ3n) is 3.60. The van der Waals surface area contributed by atoms with Crippen molar-refractivity contribution in [2.75, 3.05) is 10.6 Å². The minimum atomic E-state index is -0.395. The lowest BCUT2D eigenvalue weighted by molar-refractivity contribution is -0.121. The first-order valence-corrected chi connectivity index (χ1v) is 7.89. The molecule has 1 aliphatic rings. The summed E-state index contributed by atoms with van der Waals surface area (Å²) in [7, 11) is 0. The van der Waals surface area contributed by atoms with Crippen molar-refractivity contribution in [3.05, 3.63) is 54.1 Å². The maximum absolute atomic E-state index is 12.6. The third-order valence-corrected chi connectivity index (χ3v) is 4.78. The summed E-state index contributed by atoms with van der Waals surface area (Å²) in [5, 5.41) is -0.395. The average Bonchev–Trinajstić information content (AvgIpc) is 2.74. The number of aryl methyl sites for hydroxylation is 1. The number of thioether (sulfide) groups is 1. The number of carbonyl (C=O) groups excluding carboxylic acids is 2. The fraction of sp³-hybridized carbons (Fsp3) is 0.176. The summed E-state index contributed by atoms with van der Waals surface area (Å²) < 4.78 is 0. The van der Waals surface area contributed by atoms with Crippen LogP contribution in [0.3, 0.4) is 0 Å². The average molecular weight is 312 g/mol. The molecule has 22 heavy (non-hydrogen) atoms. The largest absolute Gasteiger partial charge is 0.399 e. The second-order valence-electron chi connectivity index (χ2n) is 5.24. The van der Waals surface area contributed by atoms with E-state index in [2.05, 4.69) is 0 Å². The lowest BCUT2D eigenvalue weighted by Gasteiger charge is -2.17. The van der Waals surface area contributed by atoms with Crippen molar-refractivity contribution in [1.82, 2.24) is 0 Å². The Hall–Kier alpha value is -2.27. The number of anilines is 2. The molecule has 0 saturated carbocycles. The van der Waals surface area contributed by atoms with Gasteiger partial charge in [-0.1, -0.05) is 24.3 Å². The van der Waals surface area contributed by atoms with E-state index in [0.29, 0.717) is 11.4 Å². The van der Waals surface area contributed by atoms with Crippen molar-refractivity contribution >= 4 is 35.0 Å². The van der Waals surface area contributed by atoms with Crippen molar-refractivity contribution in [3.8, 4) is 0 Å². The summed E-state index contributed by atoms with van der Waals surface area (Å²) in [6.07, 6.45) is 0.215. The van der Waals surface area contributed by atoms with E-state index in [1.807, 2.05) is 43.3 Å². The Morgan fingerprint density at radius 2 is 1.91 bits per heavy atom. The SMILES string of the molecule is Cc1ccccc1N1C(=O)CC(Sc2cccc(N)c2)C1=O. The Labute approximate surface area is 133 Å². The minimum absolute atomic E-state index is 0.152. The van der Waals surface area contributed by atoms with Gasteiger partial charge >= 0.3 is 0 Å². The predicted octanol–water partition coefficient (Wildman–Crippen LogP) is 3.00. The molecule has 1 heterocycles. The van der Waals surface area contributed by atoms with Crippen molar-refractivity contribution in [2.45, 2.75) is 23.5 Å². The summed E-state index contributed by atoms with van der Waals surface area (Å²) in [5.74, 6) is -0.313. The van der Waals surface area contributed by atoms with Gasteiger partial charge in [-0.3, -0.25) is 9.59 Å². The van der Waals surface area contributed by atoms with Gasteiger partial charge in [0, 0.05) is 17.0 Å². The molecular weight excluding hydrogens is 296 g/mol. The van der Waals surface area contributed by atoms with E-state index in [-0.39, 0.29) is 18.2 Å². The van der Waals surface area contributed by atoms with Gasteiger partial charge in [-0.05, 0) is 36.8 Å². The highest BCUT2D eigenvalue weighted by atomic mass is 32.2. The summed E-state index contributed by atoms with van der Waals surface area (Å²) in [6, 6.07) is 14.8. The molecule has 1 atom stereocenters. The highest BCUT2D eigenvalue weighted by molar-refractivity contribution is 8.00. The lowest BCUT2D eigenvalue weighted by atomic mass is 10.2. The fourth-order valence-corrected chi connectivity index (χ4v) is 3.64. The zero-order valence-corrected chi connectivity index (χ0v) is 13.0. The van der Waals surface area contributed by atoms with Crippen LogP contribution in [0.5, 0.6) is 0 Å². The second kappa shape index (κ2) is 5.85. The van der Waals surface area contributed by atoms with Crippen LogP contribution in [-0.4, -0.2) is 17.1 Å². The summed E-state index contributed by atoms with van der Waals surface area (Å²) in [6.45, 7) is 1.90. The van der Waals surface area contributed by atoms with Gasteiger partial charge in [0.2, 0.25) is 11.8 Å². The molecule has 2 aromatic carbocycles. The van der Waals surface area contributed by atoms with E-state index < -0.39 is 5.25 Å². The Balaban J connectivity index is 1.84. The number of benzene rings is 2. The van der Waals surface area contributed by atoms with Crippen LogP contribution in [0, 0.1) is 6.92 Å². The number of carbonyl (C=O) groups is 2. The number of hydrogen-bond acceptors (Lipinski definition) is 4. The normalized spacial score (nSPS) is 18.0. The van der Waals surface area contributed by atoms with Crippen molar-refractivity contribution in [3.63, 3.8) is 0 Å². The van der Waals surface area contributed by atoms with Gasteiger partial charge in [-0.15, -0.1) is 11.8 Å². The van der Waals surface area contributed by atoms with Crippen LogP contribution in [0.1, 0.15) is 12.0 Å². The molecule has 1 unspecified atom stereocenters. The topological polar surface area (TPSA) is 63.4 Å². The molecule has 1 saturated heterocycles. The Kier molecular flexibility index (Phi) is 3.90. The summed E-state index contributed by atoms with van der Waals surface area (Å²) in [5.41, 5.74) is 8.00. The molecule has 0 spiro atoms. The Morgan fingerprint density at radius 1 is 1.14 bits per heavy atom. The molecule has 0 bridgehead atoms.